The Labute approximate surface area is 185 Å². The quantitative estimate of drug-likeness (QED) is 0.447. The third kappa shape index (κ3) is 4.29. The number of nitrogens with zero attached hydrogens (tertiary/aromatic N) is 7. The van der Waals surface area contributed by atoms with Crippen LogP contribution in [0.5, 0.6) is 0 Å². The van der Waals surface area contributed by atoms with E-state index in [1.807, 2.05) is 13.0 Å². The summed E-state index contributed by atoms with van der Waals surface area (Å²) in [4.78, 5) is 41.2. The number of aryl methyl sites for hydroxylation is 1. The number of hydrogen-bond donors (Lipinski definition) is 0. The van der Waals surface area contributed by atoms with E-state index in [0.717, 1.165) is 17.3 Å². The van der Waals surface area contributed by atoms with Gasteiger partial charge in [-0.2, -0.15) is 0 Å². The van der Waals surface area contributed by atoms with Gasteiger partial charge in [0.05, 0.1) is 11.3 Å². The first kappa shape index (κ1) is 21.4. The summed E-state index contributed by atoms with van der Waals surface area (Å²) >= 11 is 0. The van der Waals surface area contributed by atoms with Gasteiger partial charge in [-0.15, -0.1) is 0 Å². The van der Waals surface area contributed by atoms with Crippen LogP contribution in [-0.2, 0) is 0 Å². The van der Waals surface area contributed by atoms with Crippen molar-refractivity contribution in [2.45, 2.75) is 26.7 Å². The van der Waals surface area contributed by atoms with Crippen LogP contribution in [0, 0.1) is 17.0 Å². The molecule has 3 aromatic rings. The van der Waals surface area contributed by atoms with Crippen molar-refractivity contribution in [1.82, 2.24) is 24.4 Å². The molecule has 166 valence electrons. The summed E-state index contributed by atoms with van der Waals surface area (Å²) in [6.45, 7) is 8.37. The molecule has 1 aliphatic rings. The Morgan fingerprint density at radius 2 is 1.88 bits per heavy atom. The van der Waals surface area contributed by atoms with E-state index in [4.69, 9.17) is 0 Å². The van der Waals surface area contributed by atoms with Gasteiger partial charge in [0.1, 0.15) is 17.3 Å². The molecule has 3 heterocycles. The monoisotopic (exact) mass is 435 g/mol. The molecular formula is C22H25N7O3. The van der Waals surface area contributed by atoms with Crippen LogP contribution in [0.1, 0.15) is 41.6 Å². The van der Waals surface area contributed by atoms with Crippen LogP contribution in [0.2, 0.25) is 0 Å². The topological polar surface area (TPSA) is 110 Å². The van der Waals surface area contributed by atoms with Crippen LogP contribution >= 0.6 is 0 Å². The van der Waals surface area contributed by atoms with Crippen molar-refractivity contribution in [2.24, 2.45) is 0 Å². The molecule has 1 aromatic carbocycles. The third-order valence-electron chi connectivity index (χ3n) is 5.47. The molecule has 1 saturated heterocycles. The normalized spacial score (nSPS) is 14.1. The van der Waals surface area contributed by atoms with E-state index in [0.29, 0.717) is 37.4 Å². The minimum Gasteiger partial charge on any atom is -0.353 e. The number of amides is 1. The predicted octanol–water partition coefficient (Wildman–Crippen LogP) is 2.96. The van der Waals surface area contributed by atoms with Crippen molar-refractivity contribution in [1.29, 1.82) is 0 Å². The lowest BCUT2D eigenvalue weighted by Crippen LogP contribution is -2.49. The molecular weight excluding hydrogens is 410 g/mol. The number of hydrogen-bond acceptors (Lipinski definition) is 7. The SMILES string of the molecule is Cc1cc(N2CCN(C(=O)c3ccc(-n4ccnc4)c([N+](=O)[O-])c3)CC2)nc(C(C)C)n1. The molecule has 0 unspecified atom stereocenters. The smallest absolute Gasteiger partial charge is 0.294 e. The lowest BCUT2D eigenvalue weighted by Gasteiger charge is -2.35. The van der Waals surface area contributed by atoms with Gasteiger partial charge < -0.3 is 14.4 Å². The van der Waals surface area contributed by atoms with Gasteiger partial charge in [0.2, 0.25) is 0 Å². The zero-order valence-corrected chi connectivity index (χ0v) is 18.3. The van der Waals surface area contributed by atoms with Gasteiger partial charge in [0.15, 0.2) is 0 Å². The number of piperazine rings is 1. The largest absolute Gasteiger partial charge is 0.353 e. The van der Waals surface area contributed by atoms with Crippen molar-refractivity contribution in [3.63, 3.8) is 0 Å². The molecule has 0 N–H and O–H groups in total. The first-order valence-corrected chi connectivity index (χ1v) is 10.5. The van der Waals surface area contributed by atoms with Crippen molar-refractivity contribution in [3.8, 4) is 5.69 Å². The summed E-state index contributed by atoms with van der Waals surface area (Å²) in [5, 5.41) is 11.6. The highest BCUT2D eigenvalue weighted by Crippen LogP contribution is 2.25. The maximum atomic E-state index is 13.1. The van der Waals surface area contributed by atoms with Crippen molar-refractivity contribution in [3.05, 3.63) is 70.2 Å². The van der Waals surface area contributed by atoms with Crippen LogP contribution in [-0.4, -0.2) is 61.4 Å². The fourth-order valence-corrected chi connectivity index (χ4v) is 3.74. The van der Waals surface area contributed by atoms with Crippen LogP contribution in [0.15, 0.2) is 43.0 Å². The molecule has 0 bridgehead atoms. The highest BCUT2D eigenvalue weighted by Gasteiger charge is 2.26. The molecule has 32 heavy (non-hydrogen) atoms. The van der Waals surface area contributed by atoms with Gasteiger partial charge in [0.25, 0.3) is 11.6 Å². The second kappa shape index (κ2) is 8.74. The number of benzene rings is 1. The second-order valence-corrected chi connectivity index (χ2v) is 8.09. The Bertz CT molecular complexity index is 1140. The molecule has 0 spiro atoms. The number of carbonyl (C=O) groups excluding carboxylic acids is 1. The highest BCUT2D eigenvalue weighted by atomic mass is 16.6. The zero-order valence-electron chi connectivity index (χ0n) is 18.3. The molecule has 1 fully saturated rings. The molecule has 2 aromatic heterocycles. The average Bonchev–Trinajstić information content (AvgIpc) is 3.32. The van der Waals surface area contributed by atoms with Crippen LogP contribution in [0.25, 0.3) is 5.69 Å². The number of nitro benzene ring substituents is 1. The van der Waals surface area contributed by atoms with E-state index in [9.17, 15) is 14.9 Å². The van der Waals surface area contributed by atoms with Gasteiger partial charge in [-0.05, 0) is 19.1 Å². The standard InChI is InChI=1S/C22H25N7O3/c1-15(2)21-24-16(3)12-20(25-21)26-8-10-27(11-9-26)22(30)17-4-5-18(19(13-17)29(31)32)28-7-6-23-14-28/h4-7,12-15H,8-11H2,1-3H3. The van der Waals surface area contributed by atoms with Crippen molar-refractivity contribution >= 4 is 17.4 Å². The Morgan fingerprint density at radius 3 is 2.50 bits per heavy atom. The third-order valence-corrected chi connectivity index (χ3v) is 5.47. The van der Waals surface area contributed by atoms with Crippen LogP contribution in [0.3, 0.4) is 0 Å². The summed E-state index contributed by atoms with van der Waals surface area (Å²) in [5.74, 6) is 1.70. The summed E-state index contributed by atoms with van der Waals surface area (Å²) in [5.41, 5.74) is 1.45. The molecule has 1 aliphatic heterocycles. The Hall–Kier alpha value is -3.82. The van der Waals surface area contributed by atoms with E-state index in [1.165, 1.54) is 12.4 Å². The molecule has 0 saturated carbocycles. The van der Waals surface area contributed by atoms with E-state index in [1.54, 1.807) is 34.0 Å². The van der Waals surface area contributed by atoms with Gasteiger partial charge in [-0.1, -0.05) is 13.8 Å². The molecule has 10 nitrogen and oxygen atoms in total. The zero-order chi connectivity index (χ0) is 22.8. The maximum absolute atomic E-state index is 13.1. The molecule has 0 radical (unpaired) electrons. The molecule has 1 amide bonds. The van der Waals surface area contributed by atoms with Crippen molar-refractivity contribution in [2.75, 3.05) is 31.1 Å². The van der Waals surface area contributed by atoms with E-state index in [2.05, 4.69) is 33.7 Å². The summed E-state index contributed by atoms with van der Waals surface area (Å²) in [6.07, 6.45) is 4.66. The van der Waals surface area contributed by atoms with E-state index in [-0.39, 0.29) is 17.5 Å². The van der Waals surface area contributed by atoms with Crippen molar-refractivity contribution < 1.29 is 9.72 Å². The number of aromatic nitrogens is 4. The van der Waals surface area contributed by atoms with Gasteiger partial charge in [0, 0.05) is 67.9 Å². The number of rotatable bonds is 5. The highest BCUT2D eigenvalue weighted by molar-refractivity contribution is 5.95. The van der Waals surface area contributed by atoms with E-state index < -0.39 is 4.92 Å². The Kier molecular flexibility index (Phi) is 5.85. The van der Waals surface area contributed by atoms with Crippen LogP contribution in [0.4, 0.5) is 11.5 Å². The molecule has 10 heteroatoms. The van der Waals surface area contributed by atoms with Gasteiger partial charge in [-0.25, -0.2) is 15.0 Å². The predicted molar refractivity (Wildman–Crippen MR) is 119 cm³/mol. The average molecular weight is 435 g/mol. The fraction of sp³-hybridized carbons (Fsp3) is 0.364. The first-order chi connectivity index (χ1) is 15.3. The van der Waals surface area contributed by atoms with Gasteiger partial charge in [-0.3, -0.25) is 14.9 Å². The second-order valence-electron chi connectivity index (χ2n) is 8.09. The molecule has 0 atom stereocenters. The van der Waals surface area contributed by atoms with Gasteiger partial charge >= 0.3 is 0 Å². The lowest BCUT2D eigenvalue weighted by atomic mass is 10.1. The number of carbonyl (C=O) groups is 1. The fourth-order valence-electron chi connectivity index (χ4n) is 3.74. The molecule has 0 aliphatic carbocycles. The minimum atomic E-state index is -0.478. The minimum absolute atomic E-state index is 0.134. The van der Waals surface area contributed by atoms with Crippen LogP contribution < -0.4 is 4.90 Å². The summed E-state index contributed by atoms with van der Waals surface area (Å²) in [6, 6.07) is 6.51. The Morgan fingerprint density at radius 1 is 1.12 bits per heavy atom. The summed E-state index contributed by atoms with van der Waals surface area (Å²) < 4.78 is 1.56. The Balaban J connectivity index is 1.49. The first-order valence-electron chi connectivity index (χ1n) is 10.5. The molecule has 4 rings (SSSR count). The summed E-state index contributed by atoms with van der Waals surface area (Å²) in [7, 11) is 0. The maximum Gasteiger partial charge on any atom is 0.294 e. The number of imidazole rings is 1. The number of nitro groups is 1. The van der Waals surface area contributed by atoms with E-state index >= 15 is 0 Å². The lowest BCUT2D eigenvalue weighted by molar-refractivity contribution is -0.384. The number of anilines is 1.